The predicted octanol–water partition coefficient (Wildman–Crippen LogP) is 3.51. The molecular formula is C25H31N3O4S. The molecule has 0 bridgehead atoms. The summed E-state index contributed by atoms with van der Waals surface area (Å²) in [6, 6.07) is 18.7. The third-order valence-corrected chi connectivity index (χ3v) is 7.82. The first-order valence-electron chi connectivity index (χ1n) is 11.1. The lowest BCUT2D eigenvalue weighted by atomic mass is 9.82. The van der Waals surface area contributed by atoms with Crippen LogP contribution in [0.1, 0.15) is 19.4 Å². The highest BCUT2D eigenvalue weighted by Crippen LogP contribution is 2.36. The van der Waals surface area contributed by atoms with Gasteiger partial charge in [-0.2, -0.15) is 0 Å². The van der Waals surface area contributed by atoms with Crippen molar-refractivity contribution in [1.82, 2.24) is 14.7 Å². The number of fused-ring (bicyclic) bond motifs is 1. The number of quaternary nitrogens is 1. The van der Waals surface area contributed by atoms with E-state index >= 15 is 0 Å². The molecule has 0 saturated carbocycles. The van der Waals surface area contributed by atoms with Crippen LogP contribution >= 0.6 is 0 Å². The summed E-state index contributed by atoms with van der Waals surface area (Å²) in [5.74, 6) is 0.405. The van der Waals surface area contributed by atoms with E-state index in [-0.39, 0.29) is 11.4 Å². The first kappa shape index (κ1) is 23.7. The van der Waals surface area contributed by atoms with Crippen LogP contribution in [0.15, 0.2) is 65.6 Å². The Morgan fingerprint density at radius 2 is 1.76 bits per heavy atom. The summed E-state index contributed by atoms with van der Waals surface area (Å²) in [7, 11) is -2.35. The van der Waals surface area contributed by atoms with Crippen LogP contribution in [0.25, 0.3) is 10.8 Å². The van der Waals surface area contributed by atoms with E-state index < -0.39 is 20.1 Å². The summed E-state index contributed by atoms with van der Waals surface area (Å²) in [6.45, 7) is 6.04. The van der Waals surface area contributed by atoms with E-state index in [1.165, 1.54) is 19.2 Å². The molecule has 0 amide bonds. The van der Waals surface area contributed by atoms with Crippen molar-refractivity contribution in [1.29, 1.82) is 0 Å². The van der Waals surface area contributed by atoms with Gasteiger partial charge in [0.15, 0.2) is 11.4 Å². The SMILES string of the molecule is COc1ccc(S(=O)(=O)NCC(C)(C)c2cccc3ccccc23)cc1[N+]1([O-])CCNCC1. The fourth-order valence-electron chi connectivity index (χ4n) is 4.42. The topological polar surface area (TPSA) is 90.5 Å². The van der Waals surface area contributed by atoms with Crippen molar-refractivity contribution < 1.29 is 13.2 Å². The maximum atomic E-state index is 13.4. The number of benzene rings is 3. The zero-order valence-electron chi connectivity index (χ0n) is 19.3. The van der Waals surface area contributed by atoms with E-state index in [0.29, 0.717) is 37.6 Å². The Labute approximate surface area is 195 Å². The molecule has 0 unspecified atom stereocenters. The molecule has 1 heterocycles. The van der Waals surface area contributed by atoms with Gasteiger partial charge in [-0.15, -0.1) is 0 Å². The minimum absolute atomic E-state index is 0.0684. The Morgan fingerprint density at radius 3 is 2.48 bits per heavy atom. The Bertz CT molecular complexity index is 1250. The number of hydroxylamine groups is 2. The number of methoxy groups -OCH3 is 1. The molecule has 1 aliphatic rings. The second-order valence-corrected chi connectivity index (χ2v) is 10.9. The van der Waals surface area contributed by atoms with Crippen molar-refractivity contribution in [2.24, 2.45) is 0 Å². The zero-order valence-corrected chi connectivity index (χ0v) is 20.1. The second-order valence-electron chi connectivity index (χ2n) is 9.16. The Balaban J connectivity index is 1.62. The normalized spacial score (nSPS) is 16.6. The molecule has 3 aromatic rings. The standard InChI is InChI=1S/C25H31N3O4S/c1-25(2,22-10-6-8-19-7-4-5-9-21(19)22)18-27-33(30,31)20-11-12-24(32-3)23(17-20)28(29)15-13-26-14-16-28/h4-12,17,26-27H,13-16,18H2,1-3H3. The molecule has 2 N–H and O–H groups in total. The smallest absolute Gasteiger partial charge is 0.240 e. The van der Waals surface area contributed by atoms with Gasteiger partial charge in [0, 0.05) is 31.1 Å². The quantitative estimate of drug-likeness (QED) is 0.408. The number of hydrogen-bond donors (Lipinski definition) is 2. The number of piperazine rings is 1. The average molecular weight is 470 g/mol. The average Bonchev–Trinajstić information content (AvgIpc) is 2.82. The van der Waals surface area contributed by atoms with E-state index in [1.54, 1.807) is 6.07 Å². The molecule has 7 nitrogen and oxygen atoms in total. The van der Waals surface area contributed by atoms with Gasteiger partial charge in [0.2, 0.25) is 10.0 Å². The highest BCUT2D eigenvalue weighted by molar-refractivity contribution is 7.89. The number of ether oxygens (including phenoxy) is 1. The van der Waals surface area contributed by atoms with Crippen molar-refractivity contribution >= 4 is 26.5 Å². The van der Waals surface area contributed by atoms with Crippen LogP contribution in [0, 0.1) is 5.21 Å². The number of nitrogens with zero attached hydrogens (tertiary/aromatic N) is 1. The van der Waals surface area contributed by atoms with Crippen molar-refractivity contribution in [2.45, 2.75) is 24.2 Å². The van der Waals surface area contributed by atoms with Crippen LogP contribution in [0.5, 0.6) is 5.75 Å². The lowest BCUT2D eigenvalue weighted by Crippen LogP contribution is -2.56. The molecule has 176 valence electrons. The summed E-state index contributed by atoms with van der Waals surface area (Å²) < 4.78 is 34.0. The van der Waals surface area contributed by atoms with Crippen molar-refractivity contribution in [2.75, 3.05) is 39.8 Å². The lowest BCUT2D eigenvalue weighted by Gasteiger charge is -2.45. The van der Waals surface area contributed by atoms with E-state index in [0.717, 1.165) is 16.3 Å². The van der Waals surface area contributed by atoms with Gasteiger partial charge in [0.05, 0.1) is 25.1 Å². The summed E-state index contributed by atoms with van der Waals surface area (Å²) in [5.41, 5.74) is 0.965. The van der Waals surface area contributed by atoms with E-state index in [2.05, 4.69) is 28.2 Å². The van der Waals surface area contributed by atoms with Crippen LogP contribution in [0.3, 0.4) is 0 Å². The number of nitrogens with one attached hydrogen (secondary N) is 2. The maximum absolute atomic E-state index is 13.4. The molecule has 1 aliphatic heterocycles. The van der Waals surface area contributed by atoms with Crippen LogP contribution < -0.4 is 19.4 Å². The highest BCUT2D eigenvalue weighted by atomic mass is 32.2. The molecule has 1 fully saturated rings. The first-order valence-corrected chi connectivity index (χ1v) is 12.6. The van der Waals surface area contributed by atoms with Gasteiger partial charge >= 0.3 is 0 Å². The van der Waals surface area contributed by atoms with Gasteiger partial charge in [-0.05, 0) is 28.5 Å². The van der Waals surface area contributed by atoms with E-state index in [9.17, 15) is 13.6 Å². The van der Waals surface area contributed by atoms with Crippen molar-refractivity contribution in [3.63, 3.8) is 0 Å². The largest absolute Gasteiger partial charge is 0.627 e. The summed E-state index contributed by atoms with van der Waals surface area (Å²) >= 11 is 0. The monoisotopic (exact) mass is 469 g/mol. The van der Waals surface area contributed by atoms with Crippen LogP contribution in [0.4, 0.5) is 5.69 Å². The fourth-order valence-corrected chi connectivity index (χ4v) is 5.65. The molecule has 0 spiro atoms. The molecule has 8 heteroatoms. The molecule has 0 radical (unpaired) electrons. The number of hydrogen-bond acceptors (Lipinski definition) is 5. The molecule has 0 aliphatic carbocycles. The van der Waals surface area contributed by atoms with Gasteiger partial charge in [0.25, 0.3) is 0 Å². The first-order chi connectivity index (χ1) is 15.7. The molecule has 33 heavy (non-hydrogen) atoms. The second kappa shape index (κ2) is 9.04. The van der Waals surface area contributed by atoms with Crippen molar-refractivity contribution in [3.8, 4) is 5.75 Å². The van der Waals surface area contributed by atoms with Crippen LogP contribution in [0.2, 0.25) is 0 Å². The Hall–Kier alpha value is -2.49. The van der Waals surface area contributed by atoms with Crippen LogP contribution in [-0.4, -0.2) is 48.3 Å². The number of rotatable bonds is 7. The van der Waals surface area contributed by atoms with Gasteiger partial charge in [-0.25, -0.2) is 13.1 Å². The number of sulfonamides is 1. The zero-order chi connectivity index (χ0) is 23.7. The fraction of sp³-hybridized carbons (Fsp3) is 0.360. The molecule has 4 rings (SSSR count). The minimum Gasteiger partial charge on any atom is -0.627 e. The lowest BCUT2D eigenvalue weighted by molar-refractivity contribution is 0.306. The predicted molar refractivity (Wildman–Crippen MR) is 133 cm³/mol. The van der Waals surface area contributed by atoms with Gasteiger partial charge in [-0.1, -0.05) is 56.3 Å². The van der Waals surface area contributed by atoms with Crippen LogP contribution in [-0.2, 0) is 15.4 Å². The maximum Gasteiger partial charge on any atom is 0.240 e. The minimum atomic E-state index is -3.84. The van der Waals surface area contributed by atoms with Gasteiger partial charge in [-0.3, -0.25) is 0 Å². The molecular weight excluding hydrogens is 438 g/mol. The van der Waals surface area contributed by atoms with Gasteiger partial charge in [0.1, 0.15) is 0 Å². The van der Waals surface area contributed by atoms with Crippen molar-refractivity contribution in [3.05, 3.63) is 71.4 Å². The summed E-state index contributed by atoms with van der Waals surface area (Å²) in [6.07, 6.45) is 0. The van der Waals surface area contributed by atoms with E-state index in [1.807, 2.05) is 38.1 Å². The molecule has 0 aromatic heterocycles. The van der Waals surface area contributed by atoms with E-state index in [4.69, 9.17) is 4.74 Å². The highest BCUT2D eigenvalue weighted by Gasteiger charge is 2.31. The van der Waals surface area contributed by atoms with Gasteiger partial charge < -0.3 is 19.9 Å². The Morgan fingerprint density at radius 1 is 1.06 bits per heavy atom. The summed E-state index contributed by atoms with van der Waals surface area (Å²) in [4.78, 5) is 0.0684. The Kier molecular flexibility index (Phi) is 6.48. The third kappa shape index (κ3) is 4.76. The molecule has 0 atom stereocenters. The summed E-state index contributed by atoms with van der Waals surface area (Å²) in [5, 5.41) is 18.8. The molecule has 3 aromatic carbocycles. The molecule has 1 saturated heterocycles. The third-order valence-electron chi connectivity index (χ3n) is 6.42.